The summed E-state index contributed by atoms with van der Waals surface area (Å²) in [7, 11) is 0. The molecule has 0 aliphatic carbocycles. The molecule has 2 N–H and O–H groups in total. The molecule has 32 heavy (non-hydrogen) atoms. The summed E-state index contributed by atoms with van der Waals surface area (Å²) < 4.78 is 0. The molecule has 2 aliphatic heterocycles. The van der Waals surface area contributed by atoms with Crippen LogP contribution in [-0.4, -0.2) is 72.0 Å². The Hall–Kier alpha value is -3.69. The van der Waals surface area contributed by atoms with Crippen LogP contribution in [0.5, 0.6) is 0 Å². The molecule has 2 aromatic rings. The lowest BCUT2D eigenvalue weighted by Gasteiger charge is -2.34. The summed E-state index contributed by atoms with van der Waals surface area (Å²) in [6.07, 6.45) is 4.97. The van der Waals surface area contributed by atoms with Gasteiger partial charge in [0.05, 0.1) is 11.4 Å². The van der Waals surface area contributed by atoms with Crippen LogP contribution in [0.1, 0.15) is 19.3 Å². The number of aromatic nitrogens is 2. The average Bonchev–Trinajstić information content (AvgIpc) is 3.25. The first-order valence-corrected chi connectivity index (χ1v) is 10.9. The van der Waals surface area contributed by atoms with Gasteiger partial charge < -0.3 is 25.3 Å². The lowest BCUT2D eigenvalue weighted by Crippen LogP contribution is -2.49. The van der Waals surface area contributed by atoms with E-state index in [9.17, 15) is 14.4 Å². The van der Waals surface area contributed by atoms with E-state index in [2.05, 4.69) is 25.5 Å². The van der Waals surface area contributed by atoms with Crippen molar-refractivity contribution in [3.8, 4) is 0 Å². The van der Waals surface area contributed by atoms with Crippen molar-refractivity contribution in [2.24, 2.45) is 0 Å². The zero-order valence-electron chi connectivity index (χ0n) is 17.9. The molecule has 2 aliphatic rings. The summed E-state index contributed by atoms with van der Waals surface area (Å²) in [4.78, 5) is 50.9. The zero-order chi connectivity index (χ0) is 22.3. The first kappa shape index (κ1) is 21.5. The van der Waals surface area contributed by atoms with E-state index in [0.717, 1.165) is 6.42 Å². The molecule has 3 heterocycles. The van der Waals surface area contributed by atoms with Crippen LogP contribution in [0.15, 0.2) is 42.7 Å². The van der Waals surface area contributed by atoms with Gasteiger partial charge in [-0.15, -0.1) is 0 Å². The molecule has 0 bridgehead atoms. The summed E-state index contributed by atoms with van der Waals surface area (Å²) in [5, 5.41) is 5.53. The predicted molar refractivity (Wildman–Crippen MR) is 120 cm³/mol. The van der Waals surface area contributed by atoms with E-state index in [1.807, 2.05) is 18.2 Å². The number of piperazine rings is 1. The van der Waals surface area contributed by atoms with Gasteiger partial charge in [-0.05, 0) is 24.6 Å². The second kappa shape index (κ2) is 10.1. The van der Waals surface area contributed by atoms with Gasteiger partial charge in [-0.2, -0.15) is 0 Å². The van der Waals surface area contributed by atoms with Gasteiger partial charge in [0.25, 0.3) is 0 Å². The number of amides is 4. The summed E-state index contributed by atoms with van der Waals surface area (Å²) in [6, 6.07) is 8.61. The maximum atomic E-state index is 12.5. The first-order valence-electron chi connectivity index (χ1n) is 10.9. The first-order chi connectivity index (χ1) is 15.6. The highest BCUT2D eigenvalue weighted by Crippen LogP contribution is 2.29. The van der Waals surface area contributed by atoms with E-state index >= 15 is 0 Å². The molecule has 2 fully saturated rings. The highest BCUT2D eigenvalue weighted by molar-refractivity contribution is 6.01. The van der Waals surface area contributed by atoms with Crippen LogP contribution in [0.25, 0.3) is 0 Å². The van der Waals surface area contributed by atoms with Crippen LogP contribution < -0.4 is 20.4 Å². The minimum atomic E-state index is -0.400. The Bertz CT molecular complexity index is 961. The molecule has 0 radical (unpaired) electrons. The van der Waals surface area contributed by atoms with Crippen LogP contribution in [0.4, 0.5) is 22.1 Å². The normalized spacial score (nSPS) is 16.2. The third-order valence-electron chi connectivity index (χ3n) is 5.61. The molecule has 4 amide bonds. The number of benzene rings is 1. The monoisotopic (exact) mass is 437 g/mol. The standard InChI is InChI=1S/C22H27N7O3/c30-19(27-13-15-28(16-14-27)21-23-9-4-10-24-21)8-11-25-22(32)26-17-5-1-2-6-18(17)29-12-3-7-20(29)31/h1-2,4-6,9-10H,3,7-8,11-16H2,(H2,25,26,32). The van der Waals surface area contributed by atoms with Crippen molar-refractivity contribution in [2.45, 2.75) is 19.3 Å². The number of nitrogens with one attached hydrogen (secondary N) is 2. The molecule has 0 unspecified atom stereocenters. The third-order valence-corrected chi connectivity index (χ3v) is 5.61. The molecule has 2 saturated heterocycles. The van der Waals surface area contributed by atoms with Crippen molar-refractivity contribution in [3.05, 3.63) is 42.7 Å². The summed E-state index contributed by atoms with van der Waals surface area (Å²) >= 11 is 0. The highest BCUT2D eigenvalue weighted by atomic mass is 16.2. The summed E-state index contributed by atoms with van der Waals surface area (Å²) in [6.45, 7) is 3.43. The quantitative estimate of drug-likeness (QED) is 0.708. The number of anilines is 3. The van der Waals surface area contributed by atoms with Crippen LogP contribution in [0.3, 0.4) is 0 Å². The lowest BCUT2D eigenvalue weighted by molar-refractivity contribution is -0.131. The average molecular weight is 438 g/mol. The zero-order valence-corrected chi connectivity index (χ0v) is 17.9. The summed E-state index contributed by atoms with van der Waals surface area (Å²) in [5.41, 5.74) is 1.27. The van der Waals surface area contributed by atoms with E-state index in [-0.39, 0.29) is 24.8 Å². The second-order valence-corrected chi connectivity index (χ2v) is 7.71. The third kappa shape index (κ3) is 5.13. The smallest absolute Gasteiger partial charge is 0.319 e. The number of rotatable bonds is 6. The number of hydrogen-bond donors (Lipinski definition) is 2. The van der Waals surface area contributed by atoms with Gasteiger partial charge in [0, 0.05) is 64.5 Å². The fourth-order valence-corrected chi connectivity index (χ4v) is 3.94. The molecule has 168 valence electrons. The Morgan fingerprint density at radius 1 is 0.969 bits per heavy atom. The number of urea groups is 1. The number of hydrogen-bond acceptors (Lipinski definition) is 6. The van der Waals surface area contributed by atoms with E-state index in [0.29, 0.717) is 56.5 Å². The van der Waals surface area contributed by atoms with E-state index in [4.69, 9.17) is 0 Å². The van der Waals surface area contributed by atoms with E-state index in [1.165, 1.54) is 0 Å². The molecule has 10 nitrogen and oxygen atoms in total. The number of nitrogens with zero attached hydrogens (tertiary/aromatic N) is 5. The van der Waals surface area contributed by atoms with Gasteiger partial charge in [-0.1, -0.05) is 12.1 Å². The molecule has 1 aromatic carbocycles. The minimum absolute atomic E-state index is 0.00185. The Labute approximate surface area is 186 Å². The topological polar surface area (TPSA) is 111 Å². The van der Waals surface area contributed by atoms with Crippen LogP contribution >= 0.6 is 0 Å². The Morgan fingerprint density at radius 2 is 1.72 bits per heavy atom. The number of para-hydroxylation sites is 2. The van der Waals surface area contributed by atoms with Crippen molar-refractivity contribution in [3.63, 3.8) is 0 Å². The molecular weight excluding hydrogens is 410 g/mol. The van der Waals surface area contributed by atoms with Gasteiger partial charge in [0.2, 0.25) is 17.8 Å². The Kier molecular flexibility index (Phi) is 6.78. The largest absolute Gasteiger partial charge is 0.339 e. The van der Waals surface area contributed by atoms with Crippen LogP contribution in [-0.2, 0) is 9.59 Å². The molecule has 10 heteroatoms. The van der Waals surface area contributed by atoms with Crippen molar-refractivity contribution in [2.75, 3.05) is 54.4 Å². The summed E-state index contributed by atoms with van der Waals surface area (Å²) in [5.74, 6) is 0.736. The van der Waals surface area contributed by atoms with Gasteiger partial charge in [-0.3, -0.25) is 9.59 Å². The van der Waals surface area contributed by atoms with E-state index in [1.54, 1.807) is 34.3 Å². The molecule has 0 saturated carbocycles. The number of carbonyl (C=O) groups excluding carboxylic acids is 3. The maximum Gasteiger partial charge on any atom is 0.319 e. The predicted octanol–water partition coefficient (Wildman–Crippen LogP) is 1.46. The Morgan fingerprint density at radius 3 is 2.44 bits per heavy atom. The maximum absolute atomic E-state index is 12.5. The number of carbonyl (C=O) groups is 3. The SMILES string of the molecule is O=C(NCCC(=O)N1CCN(c2ncccn2)CC1)Nc1ccccc1N1CCCC1=O. The van der Waals surface area contributed by atoms with Gasteiger partial charge in [0.1, 0.15) is 0 Å². The Balaban J connectivity index is 1.21. The van der Waals surface area contributed by atoms with Crippen LogP contribution in [0, 0.1) is 0 Å². The van der Waals surface area contributed by atoms with Crippen LogP contribution in [0.2, 0.25) is 0 Å². The lowest BCUT2D eigenvalue weighted by atomic mass is 10.2. The van der Waals surface area contributed by atoms with Gasteiger partial charge in [-0.25, -0.2) is 14.8 Å². The van der Waals surface area contributed by atoms with Gasteiger partial charge in [0.15, 0.2) is 0 Å². The highest BCUT2D eigenvalue weighted by Gasteiger charge is 2.25. The fraction of sp³-hybridized carbons (Fsp3) is 0.409. The molecule has 0 atom stereocenters. The molecule has 0 spiro atoms. The molecule has 4 rings (SSSR count). The van der Waals surface area contributed by atoms with Crippen molar-refractivity contribution in [1.29, 1.82) is 0 Å². The van der Waals surface area contributed by atoms with Crippen molar-refractivity contribution >= 4 is 35.2 Å². The minimum Gasteiger partial charge on any atom is -0.339 e. The van der Waals surface area contributed by atoms with Crippen molar-refractivity contribution < 1.29 is 14.4 Å². The van der Waals surface area contributed by atoms with Gasteiger partial charge >= 0.3 is 6.03 Å². The van der Waals surface area contributed by atoms with Crippen molar-refractivity contribution in [1.82, 2.24) is 20.2 Å². The second-order valence-electron chi connectivity index (χ2n) is 7.71. The molecule has 1 aromatic heterocycles. The van der Waals surface area contributed by atoms with E-state index < -0.39 is 6.03 Å². The fourth-order valence-electron chi connectivity index (χ4n) is 3.94. The molecular formula is C22H27N7O3.